The van der Waals surface area contributed by atoms with Gasteiger partial charge in [0.2, 0.25) is 5.91 Å². The summed E-state index contributed by atoms with van der Waals surface area (Å²) in [6.45, 7) is 2.95. The third-order valence-corrected chi connectivity index (χ3v) is 4.19. The molecule has 3 atom stereocenters. The van der Waals surface area contributed by atoms with Crippen molar-refractivity contribution < 1.29 is 14.6 Å². The van der Waals surface area contributed by atoms with Gasteiger partial charge in [0.25, 0.3) is 0 Å². The number of para-hydroxylation sites is 1. The molecule has 0 aromatic heterocycles. The molecule has 1 aromatic rings. The van der Waals surface area contributed by atoms with Crippen LogP contribution in [-0.2, 0) is 16.0 Å². The van der Waals surface area contributed by atoms with Crippen molar-refractivity contribution >= 4 is 11.6 Å². The van der Waals surface area contributed by atoms with Crippen molar-refractivity contribution in [2.75, 3.05) is 25.0 Å². The standard InChI is InChI=1S/C16H22N2O3/c1-11-8-18(9-13(10-19)21-11)16(20)15-7-6-12-4-2-3-5-14(12)17-15/h2-5,11,13,15,17,19H,6-10H2,1H3. The summed E-state index contributed by atoms with van der Waals surface area (Å²) < 4.78 is 5.60. The topological polar surface area (TPSA) is 61.8 Å². The normalized spacial score (nSPS) is 28.7. The minimum absolute atomic E-state index is 0.0317. The Morgan fingerprint density at radius 2 is 2.24 bits per heavy atom. The highest BCUT2D eigenvalue weighted by Gasteiger charge is 2.33. The number of aliphatic hydroxyl groups is 1. The molecule has 1 aromatic carbocycles. The van der Waals surface area contributed by atoms with Gasteiger partial charge in [0.1, 0.15) is 6.04 Å². The molecule has 2 N–H and O–H groups in total. The third kappa shape index (κ3) is 3.04. The summed E-state index contributed by atoms with van der Waals surface area (Å²) in [5.74, 6) is 0.109. The van der Waals surface area contributed by atoms with Crippen molar-refractivity contribution in [1.29, 1.82) is 0 Å². The quantitative estimate of drug-likeness (QED) is 0.854. The average Bonchev–Trinajstić information content (AvgIpc) is 2.53. The molecule has 2 heterocycles. The van der Waals surface area contributed by atoms with Crippen LogP contribution in [-0.4, -0.2) is 53.9 Å². The van der Waals surface area contributed by atoms with Gasteiger partial charge in [-0.25, -0.2) is 0 Å². The van der Waals surface area contributed by atoms with E-state index in [1.54, 1.807) is 0 Å². The summed E-state index contributed by atoms with van der Waals surface area (Å²) in [4.78, 5) is 14.5. The van der Waals surface area contributed by atoms with Crippen LogP contribution in [0, 0.1) is 0 Å². The fourth-order valence-electron chi connectivity index (χ4n) is 3.17. The predicted molar refractivity (Wildman–Crippen MR) is 80.2 cm³/mol. The second-order valence-electron chi connectivity index (χ2n) is 5.89. The van der Waals surface area contributed by atoms with Gasteiger partial charge < -0.3 is 20.1 Å². The number of aryl methyl sites for hydroxylation is 1. The Balaban J connectivity index is 1.68. The van der Waals surface area contributed by atoms with E-state index in [0.717, 1.165) is 18.5 Å². The molecule has 0 bridgehead atoms. The number of anilines is 1. The number of carbonyl (C=O) groups is 1. The third-order valence-electron chi connectivity index (χ3n) is 4.19. The maximum absolute atomic E-state index is 12.7. The maximum Gasteiger partial charge on any atom is 0.245 e. The number of hydrogen-bond acceptors (Lipinski definition) is 4. The van der Waals surface area contributed by atoms with E-state index < -0.39 is 0 Å². The summed E-state index contributed by atoms with van der Waals surface area (Å²) in [5, 5.41) is 12.6. The lowest BCUT2D eigenvalue weighted by Crippen LogP contribution is -2.54. The van der Waals surface area contributed by atoms with Gasteiger partial charge in [0, 0.05) is 18.8 Å². The van der Waals surface area contributed by atoms with E-state index in [9.17, 15) is 9.90 Å². The first kappa shape index (κ1) is 14.4. The molecule has 3 unspecified atom stereocenters. The Labute approximate surface area is 124 Å². The molecule has 1 saturated heterocycles. The first-order valence-electron chi connectivity index (χ1n) is 7.57. The Hall–Kier alpha value is -1.59. The average molecular weight is 290 g/mol. The van der Waals surface area contributed by atoms with Gasteiger partial charge in [-0.05, 0) is 31.4 Å². The number of nitrogens with one attached hydrogen (secondary N) is 1. The lowest BCUT2D eigenvalue weighted by molar-refractivity contribution is -0.148. The fourth-order valence-corrected chi connectivity index (χ4v) is 3.17. The molecule has 5 nitrogen and oxygen atoms in total. The minimum Gasteiger partial charge on any atom is -0.394 e. The van der Waals surface area contributed by atoms with Crippen LogP contribution in [0.1, 0.15) is 18.9 Å². The van der Waals surface area contributed by atoms with Gasteiger partial charge in [-0.3, -0.25) is 4.79 Å². The van der Waals surface area contributed by atoms with Gasteiger partial charge in [-0.2, -0.15) is 0 Å². The van der Waals surface area contributed by atoms with E-state index in [2.05, 4.69) is 11.4 Å². The summed E-state index contributed by atoms with van der Waals surface area (Å²) >= 11 is 0. The van der Waals surface area contributed by atoms with Gasteiger partial charge >= 0.3 is 0 Å². The molecular formula is C16H22N2O3. The second kappa shape index (κ2) is 6.03. The highest BCUT2D eigenvalue weighted by Crippen LogP contribution is 2.25. The number of rotatable bonds is 2. The van der Waals surface area contributed by atoms with Crippen molar-refractivity contribution in [3.05, 3.63) is 29.8 Å². The van der Waals surface area contributed by atoms with Crippen molar-refractivity contribution in [1.82, 2.24) is 4.90 Å². The zero-order chi connectivity index (χ0) is 14.8. The van der Waals surface area contributed by atoms with E-state index in [4.69, 9.17) is 4.74 Å². The van der Waals surface area contributed by atoms with Crippen LogP contribution >= 0.6 is 0 Å². The van der Waals surface area contributed by atoms with Crippen molar-refractivity contribution in [2.24, 2.45) is 0 Å². The zero-order valence-electron chi connectivity index (χ0n) is 12.3. The number of nitrogens with zero attached hydrogens (tertiary/aromatic N) is 1. The molecule has 0 aliphatic carbocycles. The molecule has 5 heteroatoms. The summed E-state index contributed by atoms with van der Waals surface area (Å²) in [6, 6.07) is 7.95. The van der Waals surface area contributed by atoms with E-state index in [1.165, 1.54) is 5.56 Å². The van der Waals surface area contributed by atoms with Crippen molar-refractivity contribution in [3.63, 3.8) is 0 Å². The first-order chi connectivity index (χ1) is 10.2. The summed E-state index contributed by atoms with van der Waals surface area (Å²) in [5.41, 5.74) is 2.33. The summed E-state index contributed by atoms with van der Waals surface area (Å²) in [6.07, 6.45) is 1.43. The maximum atomic E-state index is 12.7. The van der Waals surface area contributed by atoms with Crippen LogP contribution in [0.2, 0.25) is 0 Å². The highest BCUT2D eigenvalue weighted by molar-refractivity contribution is 5.85. The monoisotopic (exact) mass is 290 g/mol. The number of aliphatic hydroxyl groups excluding tert-OH is 1. The molecular weight excluding hydrogens is 268 g/mol. The largest absolute Gasteiger partial charge is 0.394 e. The number of carbonyl (C=O) groups excluding carboxylic acids is 1. The van der Waals surface area contributed by atoms with Crippen LogP contribution in [0.25, 0.3) is 0 Å². The highest BCUT2D eigenvalue weighted by atomic mass is 16.5. The number of benzene rings is 1. The molecule has 0 saturated carbocycles. The van der Waals surface area contributed by atoms with Crippen LogP contribution in [0.3, 0.4) is 0 Å². The Morgan fingerprint density at radius 1 is 1.43 bits per heavy atom. The van der Waals surface area contributed by atoms with Crippen molar-refractivity contribution in [3.8, 4) is 0 Å². The molecule has 0 radical (unpaired) electrons. The SMILES string of the molecule is CC1CN(C(=O)C2CCc3ccccc3N2)CC(CO)O1. The van der Waals surface area contributed by atoms with Crippen LogP contribution in [0.15, 0.2) is 24.3 Å². The lowest BCUT2D eigenvalue weighted by Gasteiger charge is -2.39. The van der Waals surface area contributed by atoms with E-state index in [0.29, 0.717) is 13.1 Å². The van der Waals surface area contributed by atoms with Crippen LogP contribution in [0.4, 0.5) is 5.69 Å². The minimum atomic E-state index is -0.270. The molecule has 1 fully saturated rings. The van der Waals surface area contributed by atoms with E-state index in [-0.39, 0.29) is 30.8 Å². The number of fused-ring (bicyclic) bond motifs is 1. The van der Waals surface area contributed by atoms with Gasteiger partial charge in [0.05, 0.1) is 18.8 Å². The van der Waals surface area contributed by atoms with E-state index in [1.807, 2.05) is 30.0 Å². The van der Waals surface area contributed by atoms with Gasteiger partial charge in [0.15, 0.2) is 0 Å². The smallest absolute Gasteiger partial charge is 0.245 e. The predicted octanol–water partition coefficient (Wildman–Crippen LogP) is 1.02. The second-order valence-corrected chi connectivity index (χ2v) is 5.89. The molecule has 0 spiro atoms. The number of morpholine rings is 1. The molecule has 114 valence electrons. The summed E-state index contributed by atoms with van der Waals surface area (Å²) in [7, 11) is 0. The number of ether oxygens (including phenoxy) is 1. The Morgan fingerprint density at radius 3 is 3.05 bits per heavy atom. The Bertz CT molecular complexity index is 520. The molecule has 21 heavy (non-hydrogen) atoms. The number of hydrogen-bond donors (Lipinski definition) is 2. The molecule has 2 aliphatic rings. The lowest BCUT2D eigenvalue weighted by atomic mass is 9.97. The zero-order valence-corrected chi connectivity index (χ0v) is 12.3. The molecule has 3 rings (SSSR count). The molecule has 1 amide bonds. The fraction of sp³-hybridized carbons (Fsp3) is 0.562. The Kier molecular flexibility index (Phi) is 4.12. The van der Waals surface area contributed by atoms with Gasteiger partial charge in [-0.1, -0.05) is 18.2 Å². The van der Waals surface area contributed by atoms with Crippen molar-refractivity contribution in [2.45, 2.75) is 38.0 Å². The van der Waals surface area contributed by atoms with Crippen LogP contribution < -0.4 is 5.32 Å². The van der Waals surface area contributed by atoms with Crippen LogP contribution in [0.5, 0.6) is 0 Å². The molecule has 2 aliphatic heterocycles. The number of amides is 1. The first-order valence-corrected chi connectivity index (χ1v) is 7.57. The van der Waals surface area contributed by atoms with Gasteiger partial charge in [-0.15, -0.1) is 0 Å². The van der Waals surface area contributed by atoms with E-state index >= 15 is 0 Å².